The summed E-state index contributed by atoms with van der Waals surface area (Å²) in [6, 6.07) is 0. The average Bonchev–Trinajstić information content (AvgIpc) is 1.39. The molecule has 0 aliphatic rings. The summed E-state index contributed by atoms with van der Waals surface area (Å²) >= 11 is 0. The smallest absolute Gasteiger partial charge is 0.462 e. The van der Waals surface area contributed by atoms with Crippen LogP contribution in [0.3, 0.4) is 0 Å². The fourth-order valence-corrected chi connectivity index (χ4v) is 12.7. The van der Waals surface area contributed by atoms with Crippen molar-refractivity contribution >= 4 is 39.5 Å². The Balaban J connectivity index is 5.21. The van der Waals surface area contributed by atoms with Crippen molar-refractivity contribution in [2.75, 3.05) is 39.6 Å². The Labute approximate surface area is 562 Å². The van der Waals surface area contributed by atoms with Gasteiger partial charge >= 0.3 is 39.5 Å². The maximum atomic E-state index is 13.1. The van der Waals surface area contributed by atoms with Gasteiger partial charge in [0.1, 0.15) is 19.3 Å². The molecule has 546 valence electrons. The van der Waals surface area contributed by atoms with Gasteiger partial charge in [-0.1, -0.05) is 324 Å². The largest absolute Gasteiger partial charge is 0.472 e. The third kappa shape index (κ3) is 66.7. The molecule has 0 aromatic carbocycles. The maximum absolute atomic E-state index is 13.1. The molecule has 0 aromatic heterocycles. The van der Waals surface area contributed by atoms with Gasteiger partial charge in [-0.2, -0.15) is 0 Å². The van der Waals surface area contributed by atoms with Crippen molar-refractivity contribution in [2.24, 2.45) is 11.8 Å². The van der Waals surface area contributed by atoms with Crippen LogP contribution in [0.4, 0.5) is 0 Å². The van der Waals surface area contributed by atoms with Crippen molar-refractivity contribution < 1.29 is 80.2 Å². The van der Waals surface area contributed by atoms with Crippen molar-refractivity contribution in [3.63, 3.8) is 0 Å². The van der Waals surface area contributed by atoms with Crippen LogP contribution in [0.1, 0.15) is 375 Å². The summed E-state index contributed by atoms with van der Waals surface area (Å²) in [6.45, 7) is 9.53. The topological polar surface area (TPSA) is 237 Å². The monoisotopic (exact) mass is 1350 g/mol. The highest BCUT2D eigenvalue weighted by molar-refractivity contribution is 7.47. The molecule has 0 aliphatic carbocycles. The number of ether oxygens (including phenoxy) is 4. The van der Waals surface area contributed by atoms with Gasteiger partial charge in [0.05, 0.1) is 26.4 Å². The maximum Gasteiger partial charge on any atom is 0.472 e. The molecule has 0 heterocycles. The second-order valence-corrected chi connectivity index (χ2v) is 30.2. The number of unbranched alkanes of at least 4 members (excludes halogenated alkanes) is 42. The first kappa shape index (κ1) is 90.1. The van der Waals surface area contributed by atoms with E-state index >= 15 is 0 Å². The van der Waals surface area contributed by atoms with Gasteiger partial charge in [-0.3, -0.25) is 37.3 Å². The second-order valence-electron chi connectivity index (χ2n) is 27.3. The zero-order valence-corrected chi connectivity index (χ0v) is 61.6. The Morgan fingerprint density at radius 2 is 0.500 bits per heavy atom. The predicted molar refractivity (Wildman–Crippen MR) is 372 cm³/mol. The first-order chi connectivity index (χ1) is 44.4. The van der Waals surface area contributed by atoms with Crippen molar-refractivity contribution in [1.82, 2.24) is 0 Å². The number of rotatable bonds is 72. The molecular formula is C73H142O17P2. The number of phosphoric acid groups is 2. The number of carbonyl (C=O) groups is 4. The van der Waals surface area contributed by atoms with E-state index in [0.717, 1.165) is 108 Å². The molecule has 19 heteroatoms. The Bertz CT molecular complexity index is 1790. The molecule has 17 nitrogen and oxygen atoms in total. The Morgan fingerprint density at radius 1 is 0.293 bits per heavy atom. The van der Waals surface area contributed by atoms with Crippen LogP contribution in [-0.2, 0) is 65.4 Å². The standard InChI is InChI=1S/C73H142O17P2/c1-7-9-11-13-15-17-18-19-21-25-28-31-38-44-50-56-71(76)84-62-69(89-72(77)57-51-45-39-32-29-26-23-20-22-24-27-30-35-41-47-53-65(3)4)64-88-92(81,82)86-60-67(74)59-85-91(79,80)87-63-68(61-83-70(75)55-49-43-37-16-14-12-10-8-2)90-73(78)58-52-46-40-34-33-36-42-48-54-66(5)6/h65-69,74H,7-64H2,1-6H3,(H,79,80)(H,81,82)/t67-,68+,69+/m0/s1. The van der Waals surface area contributed by atoms with E-state index in [1.54, 1.807) is 0 Å². The molecule has 3 N–H and O–H groups in total. The summed E-state index contributed by atoms with van der Waals surface area (Å²) < 4.78 is 68.3. The number of hydrogen-bond donors (Lipinski definition) is 3. The van der Waals surface area contributed by atoms with Crippen LogP contribution < -0.4 is 0 Å². The van der Waals surface area contributed by atoms with Gasteiger partial charge < -0.3 is 33.8 Å². The highest BCUT2D eigenvalue weighted by atomic mass is 31.2. The lowest BCUT2D eigenvalue weighted by molar-refractivity contribution is -0.161. The lowest BCUT2D eigenvalue weighted by atomic mass is 10.0. The Morgan fingerprint density at radius 3 is 0.739 bits per heavy atom. The first-order valence-corrected chi connectivity index (χ1v) is 41.0. The number of hydrogen-bond acceptors (Lipinski definition) is 15. The Kier molecular flexibility index (Phi) is 63.7. The SMILES string of the molecule is CCCCCCCCCCCCCCCCCC(=O)OC[C@H](COP(=O)(O)OC[C@@H](O)COP(=O)(O)OC[C@@H](COC(=O)CCCCCCCCCC)OC(=O)CCCCCCCCCCC(C)C)OC(=O)CCCCCCCCCCCCCCCCCC(C)C. The van der Waals surface area contributed by atoms with Crippen LogP contribution in [0.25, 0.3) is 0 Å². The molecule has 0 rings (SSSR count). The summed E-state index contributed by atoms with van der Waals surface area (Å²) in [7, 11) is -9.90. The molecule has 0 saturated carbocycles. The molecule has 0 aromatic rings. The van der Waals surface area contributed by atoms with Crippen molar-refractivity contribution in [1.29, 1.82) is 0 Å². The van der Waals surface area contributed by atoms with E-state index in [9.17, 15) is 43.2 Å². The molecule has 5 atom stereocenters. The van der Waals surface area contributed by atoms with Crippen LogP contribution >= 0.6 is 15.6 Å². The molecule has 0 fully saturated rings. The second kappa shape index (κ2) is 65.0. The molecule has 0 amide bonds. The lowest BCUT2D eigenvalue weighted by Crippen LogP contribution is -2.30. The third-order valence-corrected chi connectivity index (χ3v) is 18.9. The number of esters is 4. The van der Waals surface area contributed by atoms with E-state index in [-0.39, 0.29) is 25.7 Å². The quantitative estimate of drug-likeness (QED) is 0.0222. The number of aliphatic hydroxyl groups excluding tert-OH is 1. The summed E-state index contributed by atoms with van der Waals surface area (Å²) in [5.74, 6) is -0.602. The normalized spacial score (nSPS) is 14.1. The van der Waals surface area contributed by atoms with Crippen LogP contribution in [0.5, 0.6) is 0 Å². The van der Waals surface area contributed by atoms with Crippen LogP contribution in [-0.4, -0.2) is 96.7 Å². The van der Waals surface area contributed by atoms with Gasteiger partial charge in [0, 0.05) is 25.7 Å². The van der Waals surface area contributed by atoms with E-state index in [0.29, 0.717) is 25.7 Å². The predicted octanol–water partition coefficient (Wildman–Crippen LogP) is 21.2. The molecule has 2 unspecified atom stereocenters. The van der Waals surface area contributed by atoms with Crippen LogP contribution in [0, 0.1) is 11.8 Å². The molecule has 0 bridgehead atoms. The summed E-state index contributed by atoms with van der Waals surface area (Å²) in [4.78, 5) is 72.6. The summed E-state index contributed by atoms with van der Waals surface area (Å²) in [5, 5.41) is 10.6. The molecule has 0 radical (unpaired) electrons. The minimum atomic E-state index is -4.95. The summed E-state index contributed by atoms with van der Waals surface area (Å²) in [6.07, 6.45) is 51.4. The highest BCUT2D eigenvalue weighted by Crippen LogP contribution is 2.45. The Hall–Kier alpha value is -1.94. The van der Waals surface area contributed by atoms with Gasteiger partial charge in [-0.05, 0) is 37.5 Å². The van der Waals surface area contributed by atoms with E-state index in [4.69, 9.17) is 37.0 Å². The van der Waals surface area contributed by atoms with Crippen LogP contribution in [0.15, 0.2) is 0 Å². The van der Waals surface area contributed by atoms with Gasteiger partial charge in [-0.15, -0.1) is 0 Å². The zero-order valence-electron chi connectivity index (χ0n) is 59.9. The molecule has 0 aliphatic heterocycles. The lowest BCUT2D eigenvalue weighted by Gasteiger charge is -2.21. The van der Waals surface area contributed by atoms with E-state index in [1.807, 2.05) is 0 Å². The van der Waals surface area contributed by atoms with E-state index in [2.05, 4.69) is 41.5 Å². The third-order valence-electron chi connectivity index (χ3n) is 17.0. The van der Waals surface area contributed by atoms with Gasteiger partial charge in [-0.25, -0.2) is 9.13 Å². The van der Waals surface area contributed by atoms with Crippen molar-refractivity contribution in [3.8, 4) is 0 Å². The average molecular weight is 1350 g/mol. The molecule has 0 spiro atoms. The van der Waals surface area contributed by atoms with Gasteiger partial charge in [0.2, 0.25) is 0 Å². The molecular weight excluding hydrogens is 1210 g/mol. The zero-order chi connectivity index (χ0) is 67.9. The van der Waals surface area contributed by atoms with Gasteiger partial charge in [0.15, 0.2) is 12.2 Å². The molecule has 0 saturated heterocycles. The summed E-state index contributed by atoms with van der Waals surface area (Å²) in [5.41, 5.74) is 0. The van der Waals surface area contributed by atoms with E-state index < -0.39 is 97.5 Å². The highest BCUT2D eigenvalue weighted by Gasteiger charge is 2.30. The van der Waals surface area contributed by atoms with E-state index in [1.165, 1.54) is 186 Å². The van der Waals surface area contributed by atoms with Gasteiger partial charge in [0.25, 0.3) is 0 Å². The van der Waals surface area contributed by atoms with Crippen LogP contribution in [0.2, 0.25) is 0 Å². The fraction of sp³-hybridized carbons (Fsp3) is 0.945. The van der Waals surface area contributed by atoms with Crippen molar-refractivity contribution in [2.45, 2.75) is 394 Å². The molecule has 92 heavy (non-hydrogen) atoms. The first-order valence-electron chi connectivity index (χ1n) is 38.0. The fourth-order valence-electron chi connectivity index (χ4n) is 11.1. The number of aliphatic hydroxyl groups is 1. The number of carbonyl (C=O) groups excluding carboxylic acids is 4. The van der Waals surface area contributed by atoms with Crippen molar-refractivity contribution in [3.05, 3.63) is 0 Å². The number of phosphoric ester groups is 2. The minimum absolute atomic E-state index is 0.104. The minimum Gasteiger partial charge on any atom is -0.462 e.